The number of carbonyl (C=O) groups is 1. The SMILES string of the molecule is C#CCN(C)C(=O)C1CCCC1. The molecule has 1 fully saturated rings. The average molecular weight is 165 g/mol. The predicted octanol–water partition coefficient (Wildman–Crippen LogP) is 1.27. The zero-order chi connectivity index (χ0) is 8.97. The molecule has 1 aliphatic carbocycles. The number of hydrogen-bond acceptors (Lipinski definition) is 1. The standard InChI is InChI=1S/C10H15NO/c1-3-8-11(2)10(12)9-6-4-5-7-9/h1,9H,4-8H2,2H3. The molecule has 0 N–H and O–H groups in total. The van der Waals surface area contributed by atoms with E-state index in [1.807, 2.05) is 0 Å². The minimum atomic E-state index is 0.227. The number of hydrogen-bond donors (Lipinski definition) is 0. The average Bonchev–Trinajstić information content (AvgIpc) is 2.55. The van der Waals surface area contributed by atoms with Gasteiger partial charge in [0.15, 0.2) is 0 Å². The van der Waals surface area contributed by atoms with Gasteiger partial charge in [-0.3, -0.25) is 4.79 Å². The van der Waals surface area contributed by atoms with Crippen molar-refractivity contribution in [1.29, 1.82) is 0 Å². The highest BCUT2D eigenvalue weighted by atomic mass is 16.2. The highest BCUT2D eigenvalue weighted by Gasteiger charge is 2.24. The molecule has 0 aromatic heterocycles. The zero-order valence-corrected chi connectivity index (χ0v) is 7.55. The maximum atomic E-state index is 11.6. The summed E-state index contributed by atoms with van der Waals surface area (Å²) in [7, 11) is 1.78. The van der Waals surface area contributed by atoms with Crippen molar-refractivity contribution in [2.75, 3.05) is 13.6 Å². The van der Waals surface area contributed by atoms with Gasteiger partial charge in [-0.15, -0.1) is 6.42 Å². The number of terminal acetylenes is 1. The van der Waals surface area contributed by atoms with Crippen LogP contribution in [0.3, 0.4) is 0 Å². The number of rotatable bonds is 2. The third-order valence-corrected chi connectivity index (χ3v) is 2.41. The Morgan fingerprint density at radius 1 is 1.58 bits per heavy atom. The van der Waals surface area contributed by atoms with Crippen LogP contribution >= 0.6 is 0 Å². The van der Waals surface area contributed by atoms with Gasteiger partial charge >= 0.3 is 0 Å². The predicted molar refractivity (Wildman–Crippen MR) is 48.4 cm³/mol. The summed E-state index contributed by atoms with van der Waals surface area (Å²) in [6.45, 7) is 0.440. The molecule has 0 bridgehead atoms. The van der Waals surface area contributed by atoms with Crippen molar-refractivity contribution in [3.63, 3.8) is 0 Å². The second-order valence-electron chi connectivity index (χ2n) is 3.38. The fraction of sp³-hybridized carbons (Fsp3) is 0.700. The van der Waals surface area contributed by atoms with Gasteiger partial charge in [-0.25, -0.2) is 0 Å². The van der Waals surface area contributed by atoms with E-state index in [0.717, 1.165) is 12.8 Å². The molecule has 0 saturated heterocycles. The normalized spacial score (nSPS) is 17.3. The maximum absolute atomic E-state index is 11.6. The Bertz CT molecular complexity index is 198. The van der Waals surface area contributed by atoms with Crippen molar-refractivity contribution < 1.29 is 4.79 Å². The van der Waals surface area contributed by atoms with Crippen LogP contribution in [-0.4, -0.2) is 24.4 Å². The molecular formula is C10H15NO. The summed E-state index contributed by atoms with van der Waals surface area (Å²) in [5, 5.41) is 0. The van der Waals surface area contributed by atoms with Crippen molar-refractivity contribution >= 4 is 5.91 Å². The lowest BCUT2D eigenvalue weighted by Gasteiger charge is -2.17. The Morgan fingerprint density at radius 2 is 2.17 bits per heavy atom. The van der Waals surface area contributed by atoms with Gasteiger partial charge in [0.25, 0.3) is 0 Å². The van der Waals surface area contributed by atoms with Gasteiger partial charge in [0, 0.05) is 13.0 Å². The van der Waals surface area contributed by atoms with Gasteiger partial charge in [-0.1, -0.05) is 18.8 Å². The smallest absolute Gasteiger partial charge is 0.226 e. The van der Waals surface area contributed by atoms with E-state index in [1.54, 1.807) is 11.9 Å². The van der Waals surface area contributed by atoms with E-state index in [2.05, 4.69) is 5.92 Å². The molecule has 12 heavy (non-hydrogen) atoms. The molecule has 0 atom stereocenters. The van der Waals surface area contributed by atoms with Gasteiger partial charge in [0.2, 0.25) is 5.91 Å². The molecule has 2 nitrogen and oxygen atoms in total. The molecule has 0 aliphatic heterocycles. The molecule has 66 valence electrons. The van der Waals surface area contributed by atoms with Gasteiger partial charge in [0.05, 0.1) is 6.54 Å². The molecule has 1 rings (SSSR count). The first-order valence-electron chi connectivity index (χ1n) is 4.44. The Labute approximate surface area is 73.9 Å². The summed E-state index contributed by atoms with van der Waals surface area (Å²) in [6.07, 6.45) is 9.61. The fourth-order valence-corrected chi connectivity index (χ4v) is 1.70. The van der Waals surface area contributed by atoms with E-state index in [-0.39, 0.29) is 11.8 Å². The molecule has 2 heteroatoms. The first kappa shape index (κ1) is 9.12. The minimum absolute atomic E-state index is 0.227. The lowest BCUT2D eigenvalue weighted by atomic mass is 10.1. The third kappa shape index (κ3) is 2.01. The largest absolute Gasteiger partial charge is 0.334 e. The summed E-state index contributed by atoms with van der Waals surface area (Å²) in [4.78, 5) is 13.2. The fourth-order valence-electron chi connectivity index (χ4n) is 1.70. The van der Waals surface area contributed by atoms with E-state index in [9.17, 15) is 4.79 Å². The van der Waals surface area contributed by atoms with E-state index in [0.29, 0.717) is 6.54 Å². The molecule has 0 heterocycles. The molecule has 1 amide bonds. The first-order valence-corrected chi connectivity index (χ1v) is 4.44. The van der Waals surface area contributed by atoms with Crippen LogP contribution in [0, 0.1) is 18.3 Å². The van der Waals surface area contributed by atoms with Gasteiger partial charge in [-0.2, -0.15) is 0 Å². The Hall–Kier alpha value is -0.970. The van der Waals surface area contributed by atoms with Crippen LogP contribution in [0.15, 0.2) is 0 Å². The minimum Gasteiger partial charge on any atom is -0.334 e. The molecule has 1 aliphatic rings. The van der Waals surface area contributed by atoms with Crippen LogP contribution < -0.4 is 0 Å². The summed E-state index contributed by atoms with van der Waals surface area (Å²) in [5.41, 5.74) is 0. The second kappa shape index (κ2) is 4.15. The van der Waals surface area contributed by atoms with Crippen molar-refractivity contribution in [2.45, 2.75) is 25.7 Å². The van der Waals surface area contributed by atoms with Gasteiger partial charge < -0.3 is 4.90 Å². The molecule has 0 unspecified atom stereocenters. The van der Waals surface area contributed by atoms with Gasteiger partial charge in [-0.05, 0) is 12.8 Å². The highest BCUT2D eigenvalue weighted by Crippen LogP contribution is 2.25. The topological polar surface area (TPSA) is 20.3 Å². The molecule has 1 saturated carbocycles. The quantitative estimate of drug-likeness (QED) is 0.564. The lowest BCUT2D eigenvalue weighted by Crippen LogP contribution is -2.31. The van der Waals surface area contributed by atoms with Crippen molar-refractivity contribution in [3.8, 4) is 12.3 Å². The van der Waals surface area contributed by atoms with Crippen LogP contribution in [0.25, 0.3) is 0 Å². The van der Waals surface area contributed by atoms with Crippen LogP contribution in [-0.2, 0) is 4.79 Å². The van der Waals surface area contributed by atoms with Crippen LogP contribution in [0.4, 0.5) is 0 Å². The second-order valence-corrected chi connectivity index (χ2v) is 3.38. The Balaban J connectivity index is 2.41. The highest BCUT2D eigenvalue weighted by molar-refractivity contribution is 5.79. The molecule has 0 aromatic carbocycles. The number of amides is 1. The third-order valence-electron chi connectivity index (χ3n) is 2.41. The molecular weight excluding hydrogens is 150 g/mol. The Kier molecular flexibility index (Phi) is 3.16. The molecule has 0 spiro atoms. The van der Waals surface area contributed by atoms with Gasteiger partial charge in [0.1, 0.15) is 0 Å². The van der Waals surface area contributed by atoms with Crippen LogP contribution in [0.2, 0.25) is 0 Å². The van der Waals surface area contributed by atoms with Crippen LogP contribution in [0.5, 0.6) is 0 Å². The van der Waals surface area contributed by atoms with Crippen molar-refractivity contribution in [2.24, 2.45) is 5.92 Å². The zero-order valence-electron chi connectivity index (χ0n) is 7.55. The Morgan fingerprint density at radius 3 is 2.67 bits per heavy atom. The maximum Gasteiger partial charge on any atom is 0.226 e. The van der Waals surface area contributed by atoms with Crippen molar-refractivity contribution in [3.05, 3.63) is 0 Å². The summed E-state index contributed by atoms with van der Waals surface area (Å²) < 4.78 is 0. The summed E-state index contributed by atoms with van der Waals surface area (Å²) in [6, 6.07) is 0. The number of nitrogens with zero attached hydrogens (tertiary/aromatic N) is 1. The van der Waals surface area contributed by atoms with E-state index in [1.165, 1.54) is 12.8 Å². The monoisotopic (exact) mass is 165 g/mol. The summed E-state index contributed by atoms with van der Waals surface area (Å²) >= 11 is 0. The van der Waals surface area contributed by atoms with E-state index < -0.39 is 0 Å². The van der Waals surface area contributed by atoms with E-state index >= 15 is 0 Å². The molecule has 0 aromatic rings. The number of carbonyl (C=O) groups excluding carboxylic acids is 1. The lowest BCUT2D eigenvalue weighted by molar-refractivity contribution is -0.133. The van der Waals surface area contributed by atoms with Crippen molar-refractivity contribution in [1.82, 2.24) is 4.90 Å². The molecule has 0 radical (unpaired) electrons. The van der Waals surface area contributed by atoms with Crippen LogP contribution in [0.1, 0.15) is 25.7 Å². The summed E-state index contributed by atoms with van der Waals surface area (Å²) in [5.74, 6) is 2.96. The first-order chi connectivity index (χ1) is 5.75. The van der Waals surface area contributed by atoms with E-state index in [4.69, 9.17) is 6.42 Å².